The Hall–Kier alpha value is -3.60. The van der Waals surface area contributed by atoms with Crippen molar-refractivity contribution in [2.45, 2.75) is 44.5 Å². The number of rotatable bonds is 7. The van der Waals surface area contributed by atoms with Crippen molar-refractivity contribution in [2.24, 2.45) is 5.41 Å². The Morgan fingerprint density at radius 1 is 1.14 bits per heavy atom. The molecule has 0 unspecified atom stereocenters. The largest absolute Gasteiger partial charge is 0.481 e. The molecule has 0 bridgehead atoms. The lowest BCUT2D eigenvalue weighted by Gasteiger charge is -2.45. The summed E-state index contributed by atoms with van der Waals surface area (Å²) in [4.78, 5) is 51.1. The van der Waals surface area contributed by atoms with Gasteiger partial charge in [-0.25, -0.2) is 14.0 Å². The fourth-order valence-corrected chi connectivity index (χ4v) is 6.21. The van der Waals surface area contributed by atoms with Gasteiger partial charge < -0.3 is 25.7 Å². The maximum atomic E-state index is 14.7. The van der Waals surface area contributed by atoms with Gasteiger partial charge >= 0.3 is 18.0 Å². The first-order chi connectivity index (χ1) is 17.3. The van der Waals surface area contributed by atoms with Gasteiger partial charge in [-0.15, -0.1) is 11.8 Å². The number of nitrogens with zero attached hydrogens (tertiary/aromatic N) is 1. The van der Waals surface area contributed by atoms with E-state index >= 15 is 0 Å². The molecule has 4 N–H and O–H groups in total. The van der Waals surface area contributed by atoms with Crippen LogP contribution >= 0.6 is 11.8 Å². The number of hydrogen-bond donors (Lipinski definition) is 4. The van der Waals surface area contributed by atoms with Crippen molar-refractivity contribution in [3.63, 3.8) is 0 Å². The van der Waals surface area contributed by atoms with Crippen LogP contribution in [0, 0.1) is 11.2 Å². The van der Waals surface area contributed by atoms with Gasteiger partial charge in [-0.05, 0) is 36.1 Å². The molecule has 2 aromatic rings. The number of carboxylic acids is 2. The van der Waals surface area contributed by atoms with E-state index in [1.165, 1.54) is 36.1 Å². The summed E-state index contributed by atoms with van der Waals surface area (Å²) >= 11 is 1.16. The molecular weight excluding hydrogens is 501 g/mol. The van der Waals surface area contributed by atoms with E-state index in [1.54, 1.807) is 45.0 Å². The van der Waals surface area contributed by atoms with Crippen LogP contribution in [0.4, 0.5) is 14.9 Å². The summed E-state index contributed by atoms with van der Waals surface area (Å²) < 4.78 is 14.7. The van der Waals surface area contributed by atoms with E-state index in [9.17, 15) is 33.8 Å². The summed E-state index contributed by atoms with van der Waals surface area (Å²) in [6.07, 6.45) is 0. The van der Waals surface area contributed by atoms with Crippen molar-refractivity contribution in [3.8, 4) is 0 Å². The molecule has 37 heavy (non-hydrogen) atoms. The number of amides is 3. The normalized spacial score (nSPS) is 20.2. The van der Waals surface area contributed by atoms with Crippen molar-refractivity contribution >= 4 is 41.3 Å². The Labute approximate surface area is 218 Å². The number of halogens is 1. The van der Waals surface area contributed by atoms with Crippen LogP contribution in [0.2, 0.25) is 0 Å². The highest BCUT2D eigenvalue weighted by Gasteiger charge is 2.61. The molecule has 9 nitrogen and oxygen atoms in total. The summed E-state index contributed by atoms with van der Waals surface area (Å²) in [6.45, 7) is 6.10. The lowest BCUT2D eigenvalue weighted by Crippen LogP contribution is -2.64. The summed E-state index contributed by atoms with van der Waals surface area (Å²) in [5.74, 6) is -4.21. The first-order valence-electron chi connectivity index (χ1n) is 11.6. The standard InChI is InChI=1S/C26H30FN3O6S/c1-15(22(32)33)16-8-7-9-17(12-16)29-24(36)28-13-20(31)30-21(18-10-5-6-11-19(18)27)37-14-26(30,23(34)35)25(2,3)4/h5-12,15,21H,13-14H2,1-4H3,(H,32,33)(H,34,35)(H2,28,29,36)/t15-,21+,26-/m0/s1. The van der Waals surface area contributed by atoms with Crippen molar-refractivity contribution in [1.29, 1.82) is 0 Å². The molecule has 0 spiro atoms. The van der Waals surface area contributed by atoms with Crippen LogP contribution < -0.4 is 10.6 Å². The first-order valence-corrected chi connectivity index (χ1v) is 12.6. The molecule has 0 radical (unpaired) electrons. The van der Waals surface area contributed by atoms with Crippen molar-refractivity contribution in [1.82, 2.24) is 10.2 Å². The molecule has 0 saturated carbocycles. The molecule has 1 aliphatic rings. The Balaban J connectivity index is 1.83. The van der Waals surface area contributed by atoms with E-state index < -0.39 is 58.5 Å². The van der Waals surface area contributed by atoms with Gasteiger partial charge in [0.2, 0.25) is 5.91 Å². The number of anilines is 1. The third kappa shape index (κ3) is 5.56. The molecule has 2 aromatic carbocycles. The molecule has 3 atom stereocenters. The quantitative estimate of drug-likeness (QED) is 0.419. The Kier molecular flexibility index (Phi) is 8.16. The highest BCUT2D eigenvalue weighted by Crippen LogP contribution is 2.53. The smallest absolute Gasteiger partial charge is 0.331 e. The van der Waals surface area contributed by atoms with Gasteiger partial charge in [0.1, 0.15) is 11.2 Å². The van der Waals surface area contributed by atoms with Crippen molar-refractivity contribution < 1.29 is 33.8 Å². The Morgan fingerprint density at radius 2 is 1.81 bits per heavy atom. The van der Waals surface area contributed by atoms with E-state index in [1.807, 2.05) is 0 Å². The molecule has 3 rings (SSSR count). The zero-order chi connectivity index (χ0) is 27.5. The third-order valence-electron chi connectivity index (χ3n) is 6.55. The highest BCUT2D eigenvalue weighted by atomic mass is 32.2. The molecule has 198 valence electrons. The van der Waals surface area contributed by atoms with E-state index in [0.717, 1.165) is 11.8 Å². The zero-order valence-corrected chi connectivity index (χ0v) is 21.8. The predicted molar refractivity (Wildman–Crippen MR) is 138 cm³/mol. The van der Waals surface area contributed by atoms with Gasteiger partial charge in [0.15, 0.2) is 5.54 Å². The predicted octanol–water partition coefficient (Wildman–Crippen LogP) is 4.28. The minimum Gasteiger partial charge on any atom is -0.481 e. The summed E-state index contributed by atoms with van der Waals surface area (Å²) in [5.41, 5.74) is -1.57. The number of hydrogen-bond acceptors (Lipinski definition) is 5. The maximum Gasteiger partial charge on any atom is 0.331 e. The number of carboxylic acid groups (broad SMARTS) is 2. The van der Waals surface area contributed by atoms with Gasteiger partial charge in [-0.3, -0.25) is 9.59 Å². The van der Waals surface area contributed by atoms with Crippen LogP contribution in [0.3, 0.4) is 0 Å². The van der Waals surface area contributed by atoms with E-state index in [-0.39, 0.29) is 11.3 Å². The van der Waals surface area contributed by atoms with Crippen molar-refractivity contribution in [2.75, 3.05) is 17.6 Å². The number of thioether (sulfide) groups is 1. The van der Waals surface area contributed by atoms with Crippen molar-refractivity contribution in [3.05, 3.63) is 65.5 Å². The summed E-state index contributed by atoms with van der Waals surface area (Å²) in [5, 5.41) is 23.6. The molecule has 1 saturated heterocycles. The van der Waals surface area contributed by atoms with Crippen LogP contribution in [0.25, 0.3) is 0 Å². The molecular formula is C26H30FN3O6S. The van der Waals surface area contributed by atoms with Crippen LogP contribution in [-0.4, -0.2) is 56.8 Å². The number of nitrogens with one attached hydrogen (secondary N) is 2. The minimum atomic E-state index is -1.65. The first kappa shape index (κ1) is 28.0. The monoisotopic (exact) mass is 531 g/mol. The molecule has 11 heteroatoms. The summed E-state index contributed by atoms with van der Waals surface area (Å²) in [7, 11) is 0. The Bertz CT molecular complexity index is 1220. The van der Waals surface area contributed by atoms with Crippen LogP contribution in [0.5, 0.6) is 0 Å². The molecule has 0 aromatic heterocycles. The van der Waals surface area contributed by atoms with Crippen LogP contribution in [0.1, 0.15) is 50.1 Å². The molecule has 3 amide bonds. The molecule has 0 aliphatic carbocycles. The Morgan fingerprint density at radius 3 is 2.41 bits per heavy atom. The highest BCUT2D eigenvalue weighted by molar-refractivity contribution is 7.99. The second-order valence-corrected chi connectivity index (χ2v) is 10.9. The number of carbonyl (C=O) groups excluding carboxylic acids is 2. The lowest BCUT2D eigenvalue weighted by atomic mass is 9.73. The maximum absolute atomic E-state index is 14.7. The molecule has 1 heterocycles. The zero-order valence-electron chi connectivity index (χ0n) is 20.9. The van der Waals surface area contributed by atoms with E-state index in [0.29, 0.717) is 11.3 Å². The second-order valence-electron chi connectivity index (χ2n) is 9.86. The average Bonchev–Trinajstić information content (AvgIpc) is 3.24. The van der Waals surface area contributed by atoms with E-state index in [4.69, 9.17) is 0 Å². The van der Waals surface area contributed by atoms with Gasteiger partial charge in [-0.1, -0.05) is 51.1 Å². The van der Waals surface area contributed by atoms with E-state index in [2.05, 4.69) is 10.6 Å². The van der Waals surface area contributed by atoms with Crippen LogP contribution in [0.15, 0.2) is 48.5 Å². The molecule has 1 fully saturated rings. The van der Waals surface area contributed by atoms with Crippen LogP contribution in [-0.2, 0) is 14.4 Å². The number of carbonyl (C=O) groups is 4. The number of urea groups is 1. The SMILES string of the molecule is C[C@H](C(=O)O)c1cccc(NC(=O)NCC(=O)N2[C@@H](c3ccccc3F)SC[C@]2(C(=O)O)C(C)(C)C)c1. The van der Waals surface area contributed by atoms with Gasteiger partial charge in [0, 0.05) is 17.0 Å². The summed E-state index contributed by atoms with van der Waals surface area (Å²) in [6, 6.07) is 11.5. The fourth-order valence-electron chi connectivity index (χ4n) is 4.30. The second kappa shape index (κ2) is 10.8. The topological polar surface area (TPSA) is 136 Å². The van der Waals surface area contributed by atoms with Gasteiger partial charge in [0.05, 0.1) is 12.5 Å². The van der Waals surface area contributed by atoms with Gasteiger partial charge in [-0.2, -0.15) is 0 Å². The lowest BCUT2D eigenvalue weighted by molar-refractivity contribution is -0.165. The fraction of sp³-hybridized carbons (Fsp3) is 0.385. The number of aliphatic carboxylic acids is 2. The molecule has 1 aliphatic heterocycles. The average molecular weight is 532 g/mol. The minimum absolute atomic E-state index is 0.0390. The number of benzene rings is 2. The van der Waals surface area contributed by atoms with Gasteiger partial charge in [0.25, 0.3) is 0 Å². The third-order valence-corrected chi connectivity index (χ3v) is 7.91.